The van der Waals surface area contributed by atoms with Gasteiger partial charge in [0.15, 0.2) is 0 Å². The molecule has 1 heterocycles. The Bertz CT molecular complexity index is 569. The molecule has 2 aromatic rings. The number of aromatic hydroxyl groups is 1. The summed E-state index contributed by atoms with van der Waals surface area (Å²) in [5.74, 6) is 0.230. The molecular weight excluding hydrogens is 246 g/mol. The van der Waals surface area contributed by atoms with Gasteiger partial charge in [0.25, 0.3) is 0 Å². The van der Waals surface area contributed by atoms with Crippen molar-refractivity contribution in [3.8, 4) is 5.75 Å². The van der Waals surface area contributed by atoms with Gasteiger partial charge in [0.1, 0.15) is 10.7 Å². The Morgan fingerprint density at radius 2 is 1.94 bits per heavy atom. The van der Waals surface area contributed by atoms with Gasteiger partial charge in [-0.25, -0.2) is 0 Å². The van der Waals surface area contributed by atoms with Crippen LogP contribution in [-0.4, -0.2) is 22.1 Å². The number of nitrogens with zero attached hydrogens (tertiary/aromatic N) is 2. The molecule has 3 N–H and O–H groups in total. The van der Waals surface area contributed by atoms with Crippen molar-refractivity contribution in [1.82, 2.24) is 4.98 Å². The minimum absolute atomic E-state index is 0.230. The molecule has 0 amide bonds. The summed E-state index contributed by atoms with van der Waals surface area (Å²) in [6.07, 6.45) is 3.37. The van der Waals surface area contributed by atoms with Crippen LogP contribution in [0.4, 0.5) is 11.4 Å². The van der Waals surface area contributed by atoms with Crippen molar-refractivity contribution in [2.45, 2.75) is 0 Å². The summed E-state index contributed by atoms with van der Waals surface area (Å²) in [5.41, 5.74) is 8.21. The van der Waals surface area contributed by atoms with Crippen LogP contribution in [0.3, 0.4) is 0 Å². The first kappa shape index (κ1) is 12.3. The maximum absolute atomic E-state index is 9.28. The number of nitrogens with two attached hydrogens (primary N) is 1. The van der Waals surface area contributed by atoms with Gasteiger partial charge in [-0.05, 0) is 30.3 Å². The summed E-state index contributed by atoms with van der Waals surface area (Å²) < 4.78 is 0. The number of pyridine rings is 1. The number of aromatic nitrogens is 1. The summed E-state index contributed by atoms with van der Waals surface area (Å²) in [5, 5.41) is 9.28. The van der Waals surface area contributed by atoms with Crippen LogP contribution < -0.4 is 10.6 Å². The van der Waals surface area contributed by atoms with Crippen LogP contribution in [0.1, 0.15) is 5.56 Å². The lowest BCUT2D eigenvalue weighted by Gasteiger charge is -2.21. The smallest absolute Gasteiger partial charge is 0.115 e. The van der Waals surface area contributed by atoms with Crippen molar-refractivity contribution < 1.29 is 5.11 Å². The molecule has 0 aliphatic carbocycles. The van der Waals surface area contributed by atoms with E-state index in [1.54, 1.807) is 30.6 Å². The largest absolute Gasteiger partial charge is 0.508 e. The lowest BCUT2D eigenvalue weighted by molar-refractivity contribution is 0.475. The highest BCUT2D eigenvalue weighted by molar-refractivity contribution is 7.80. The first-order chi connectivity index (χ1) is 8.59. The van der Waals surface area contributed by atoms with E-state index in [0.29, 0.717) is 4.99 Å². The van der Waals surface area contributed by atoms with Crippen molar-refractivity contribution in [2.75, 3.05) is 11.9 Å². The molecule has 1 aromatic heterocycles. The first-order valence-corrected chi connectivity index (χ1v) is 5.77. The molecule has 0 radical (unpaired) electrons. The zero-order valence-electron chi connectivity index (χ0n) is 9.87. The van der Waals surface area contributed by atoms with E-state index in [1.165, 1.54) is 0 Å². The topological polar surface area (TPSA) is 62.4 Å². The van der Waals surface area contributed by atoms with E-state index in [9.17, 15) is 5.11 Å². The van der Waals surface area contributed by atoms with Crippen molar-refractivity contribution in [1.29, 1.82) is 0 Å². The molecule has 0 spiro atoms. The predicted octanol–water partition coefficient (Wildman–Crippen LogP) is 2.19. The van der Waals surface area contributed by atoms with Crippen LogP contribution in [0, 0.1) is 0 Å². The molecule has 1 aromatic carbocycles. The third-order valence-corrected chi connectivity index (χ3v) is 2.88. The third-order valence-electron chi connectivity index (χ3n) is 2.66. The van der Waals surface area contributed by atoms with E-state index in [0.717, 1.165) is 16.9 Å². The van der Waals surface area contributed by atoms with Gasteiger partial charge in [-0.2, -0.15) is 0 Å². The van der Waals surface area contributed by atoms with E-state index in [2.05, 4.69) is 4.98 Å². The maximum Gasteiger partial charge on any atom is 0.115 e. The van der Waals surface area contributed by atoms with Crippen LogP contribution >= 0.6 is 12.2 Å². The van der Waals surface area contributed by atoms with Crippen molar-refractivity contribution in [3.63, 3.8) is 0 Å². The number of thiocarbonyl (C=S) groups is 1. The molecule has 0 unspecified atom stereocenters. The molecule has 0 aliphatic heterocycles. The van der Waals surface area contributed by atoms with E-state index in [4.69, 9.17) is 18.0 Å². The van der Waals surface area contributed by atoms with E-state index < -0.39 is 0 Å². The van der Waals surface area contributed by atoms with E-state index in [1.807, 2.05) is 24.1 Å². The Morgan fingerprint density at radius 3 is 2.56 bits per heavy atom. The third kappa shape index (κ3) is 2.41. The zero-order valence-corrected chi connectivity index (χ0v) is 10.7. The minimum Gasteiger partial charge on any atom is -0.508 e. The van der Waals surface area contributed by atoms with Crippen molar-refractivity contribution in [2.24, 2.45) is 5.73 Å². The molecule has 92 valence electrons. The monoisotopic (exact) mass is 259 g/mol. The van der Waals surface area contributed by atoms with Gasteiger partial charge in [0.05, 0.1) is 11.9 Å². The molecule has 18 heavy (non-hydrogen) atoms. The van der Waals surface area contributed by atoms with Gasteiger partial charge in [-0.3, -0.25) is 4.98 Å². The Labute approximate surface area is 111 Å². The Balaban J connectivity index is 2.42. The average Bonchev–Trinajstić information content (AvgIpc) is 2.39. The fourth-order valence-electron chi connectivity index (χ4n) is 1.68. The van der Waals surface area contributed by atoms with Crippen LogP contribution in [0.2, 0.25) is 0 Å². The number of phenols is 1. The van der Waals surface area contributed by atoms with Gasteiger partial charge >= 0.3 is 0 Å². The van der Waals surface area contributed by atoms with Gasteiger partial charge in [0.2, 0.25) is 0 Å². The lowest BCUT2D eigenvalue weighted by Crippen LogP contribution is -2.17. The zero-order chi connectivity index (χ0) is 13.1. The molecule has 0 fully saturated rings. The second-order valence-electron chi connectivity index (χ2n) is 3.83. The van der Waals surface area contributed by atoms with Gasteiger partial charge in [0, 0.05) is 24.5 Å². The standard InChI is InChI=1S/C13H13N3OS/c1-16(9-2-4-10(17)5-3-9)12-8-15-7-6-11(12)13(14)18/h2-8,17H,1H3,(H2,14,18). The first-order valence-electron chi connectivity index (χ1n) is 5.36. The summed E-state index contributed by atoms with van der Waals surface area (Å²) in [4.78, 5) is 6.33. The summed E-state index contributed by atoms with van der Waals surface area (Å²) >= 11 is 5.02. The normalized spacial score (nSPS) is 10.1. The number of phenolic OH excluding ortho intramolecular Hbond substituents is 1. The van der Waals surface area contributed by atoms with Gasteiger partial charge in [-0.15, -0.1) is 0 Å². The summed E-state index contributed by atoms with van der Waals surface area (Å²) in [6.45, 7) is 0. The quantitative estimate of drug-likeness (QED) is 0.827. The van der Waals surface area contributed by atoms with E-state index >= 15 is 0 Å². The van der Waals surface area contributed by atoms with Crippen LogP contribution in [0.5, 0.6) is 5.75 Å². The highest BCUT2D eigenvalue weighted by atomic mass is 32.1. The molecular formula is C13H13N3OS. The fourth-order valence-corrected chi connectivity index (χ4v) is 1.85. The number of hydrogen-bond donors (Lipinski definition) is 2. The van der Waals surface area contributed by atoms with E-state index in [-0.39, 0.29) is 5.75 Å². The maximum atomic E-state index is 9.28. The van der Waals surface area contributed by atoms with Crippen molar-refractivity contribution >= 4 is 28.6 Å². The molecule has 0 aliphatic rings. The SMILES string of the molecule is CN(c1ccc(O)cc1)c1cnccc1C(N)=S. The predicted molar refractivity (Wildman–Crippen MR) is 76.3 cm³/mol. The Hall–Kier alpha value is -2.14. The lowest BCUT2D eigenvalue weighted by atomic mass is 10.2. The number of rotatable bonds is 3. The molecule has 5 heteroatoms. The molecule has 0 saturated carbocycles. The summed E-state index contributed by atoms with van der Waals surface area (Å²) in [6, 6.07) is 8.66. The Morgan fingerprint density at radius 1 is 1.28 bits per heavy atom. The number of hydrogen-bond acceptors (Lipinski definition) is 4. The second-order valence-corrected chi connectivity index (χ2v) is 4.27. The van der Waals surface area contributed by atoms with Crippen LogP contribution in [0.15, 0.2) is 42.7 Å². The second kappa shape index (κ2) is 5.01. The minimum atomic E-state index is 0.230. The van der Waals surface area contributed by atoms with Gasteiger partial charge < -0.3 is 15.7 Å². The fraction of sp³-hybridized carbons (Fsp3) is 0.0769. The van der Waals surface area contributed by atoms with Crippen LogP contribution in [-0.2, 0) is 0 Å². The molecule has 0 saturated heterocycles. The molecule has 0 atom stereocenters. The van der Waals surface area contributed by atoms with Gasteiger partial charge in [-0.1, -0.05) is 12.2 Å². The van der Waals surface area contributed by atoms with Crippen molar-refractivity contribution in [3.05, 3.63) is 48.3 Å². The van der Waals surface area contributed by atoms with Crippen LogP contribution in [0.25, 0.3) is 0 Å². The number of benzene rings is 1. The molecule has 0 bridgehead atoms. The Kier molecular flexibility index (Phi) is 3.43. The highest BCUT2D eigenvalue weighted by Gasteiger charge is 2.11. The molecule has 2 rings (SSSR count). The summed E-state index contributed by atoms with van der Waals surface area (Å²) in [7, 11) is 1.89. The highest BCUT2D eigenvalue weighted by Crippen LogP contribution is 2.27. The molecule has 4 nitrogen and oxygen atoms in total. The number of anilines is 2. The average molecular weight is 259 g/mol.